The Labute approximate surface area is 224 Å². The molecule has 3 heterocycles. The summed E-state index contributed by atoms with van der Waals surface area (Å²) in [5, 5.41) is 0. The maximum atomic E-state index is 13.1. The van der Waals surface area contributed by atoms with Gasteiger partial charge in [-0.25, -0.2) is 13.8 Å². The zero-order chi connectivity index (χ0) is 27.2. The highest BCUT2D eigenvalue weighted by atomic mass is 19.1. The molecular weight excluding hydrogens is 504 g/mol. The van der Waals surface area contributed by atoms with Crippen LogP contribution < -0.4 is 9.47 Å². The van der Waals surface area contributed by atoms with Gasteiger partial charge in [0.2, 0.25) is 5.88 Å². The molecule has 0 unspecified atom stereocenters. The van der Waals surface area contributed by atoms with E-state index in [2.05, 4.69) is 9.97 Å². The molecule has 2 aromatic carbocycles. The first-order valence-electron chi connectivity index (χ1n) is 12.5. The third-order valence-corrected chi connectivity index (χ3v) is 6.34. The zero-order valence-corrected chi connectivity index (χ0v) is 20.9. The minimum atomic E-state index is -0.357. The molecule has 1 aliphatic heterocycles. The second-order valence-electron chi connectivity index (χ2n) is 9.16. The summed E-state index contributed by atoms with van der Waals surface area (Å²) in [6.07, 6.45) is 4.33. The molecule has 9 heteroatoms. The lowest BCUT2D eigenvalue weighted by molar-refractivity contribution is 0.0594. The number of aromatic nitrogens is 2. The fraction of sp³-hybridized carbons (Fsp3) is 0.200. The number of likely N-dealkylation sites (tertiary alicyclic amines) is 1. The fourth-order valence-electron chi connectivity index (χ4n) is 4.23. The van der Waals surface area contributed by atoms with Crippen LogP contribution in [0.4, 0.5) is 8.78 Å². The van der Waals surface area contributed by atoms with Crippen molar-refractivity contribution in [1.29, 1.82) is 0 Å². The maximum absolute atomic E-state index is 13.1. The number of pyridine rings is 2. The number of benzene rings is 2. The third-order valence-electron chi connectivity index (χ3n) is 6.34. The van der Waals surface area contributed by atoms with Crippen LogP contribution >= 0.6 is 0 Å². The van der Waals surface area contributed by atoms with E-state index in [1.807, 2.05) is 0 Å². The van der Waals surface area contributed by atoms with Gasteiger partial charge in [-0.05, 0) is 66.2 Å². The average molecular weight is 530 g/mol. The molecular formula is C30H25F2N3O4. The topological polar surface area (TPSA) is 81.6 Å². The quantitative estimate of drug-likeness (QED) is 0.274. The summed E-state index contributed by atoms with van der Waals surface area (Å²) in [5.41, 5.74) is 1.34. The highest BCUT2D eigenvalue weighted by Crippen LogP contribution is 2.22. The largest absolute Gasteiger partial charge is 0.490 e. The lowest BCUT2D eigenvalue weighted by Crippen LogP contribution is -2.41. The average Bonchev–Trinajstić information content (AvgIpc) is 2.96. The molecule has 0 bridgehead atoms. The number of amides is 1. The van der Waals surface area contributed by atoms with E-state index in [4.69, 9.17) is 9.47 Å². The van der Waals surface area contributed by atoms with Crippen LogP contribution in [-0.4, -0.2) is 45.8 Å². The van der Waals surface area contributed by atoms with Gasteiger partial charge in [0.05, 0.1) is 5.56 Å². The number of ketones is 1. The highest BCUT2D eigenvalue weighted by molar-refractivity contribution is 5.98. The van der Waals surface area contributed by atoms with E-state index >= 15 is 0 Å². The van der Waals surface area contributed by atoms with Crippen molar-refractivity contribution in [3.63, 3.8) is 0 Å². The van der Waals surface area contributed by atoms with E-state index < -0.39 is 0 Å². The molecule has 0 radical (unpaired) electrons. The van der Waals surface area contributed by atoms with Crippen molar-refractivity contribution < 1.29 is 27.8 Å². The van der Waals surface area contributed by atoms with Crippen molar-refractivity contribution in [3.05, 3.63) is 114 Å². The Balaban J connectivity index is 1.11. The van der Waals surface area contributed by atoms with Gasteiger partial charge in [0.15, 0.2) is 5.78 Å². The fourth-order valence-corrected chi connectivity index (χ4v) is 4.23. The predicted octanol–water partition coefficient (Wildman–Crippen LogP) is 5.66. The van der Waals surface area contributed by atoms with E-state index in [0.29, 0.717) is 54.4 Å². The summed E-state index contributed by atoms with van der Waals surface area (Å²) in [6, 6.07) is 18.0. The molecule has 1 amide bonds. The van der Waals surface area contributed by atoms with Crippen LogP contribution in [0.25, 0.3) is 0 Å². The number of Topliss-reactive ketones (excluding diaryl/α,β-unsaturated/α-hetero) is 1. The number of piperidine rings is 1. The monoisotopic (exact) mass is 529 g/mol. The Morgan fingerprint density at radius 2 is 1.46 bits per heavy atom. The first-order valence-corrected chi connectivity index (χ1v) is 12.5. The Bertz CT molecular complexity index is 1420. The maximum Gasteiger partial charge on any atom is 0.255 e. The molecule has 7 nitrogen and oxygen atoms in total. The Morgan fingerprint density at radius 3 is 2.05 bits per heavy atom. The van der Waals surface area contributed by atoms with E-state index in [-0.39, 0.29) is 41.5 Å². The van der Waals surface area contributed by atoms with Crippen LogP contribution in [0.5, 0.6) is 17.4 Å². The lowest BCUT2D eigenvalue weighted by Gasteiger charge is -2.32. The number of hydrogen-bond donors (Lipinski definition) is 0. The van der Waals surface area contributed by atoms with Crippen LogP contribution in [0.2, 0.25) is 0 Å². The number of halogens is 2. The third kappa shape index (κ3) is 6.81. The molecule has 1 saturated heterocycles. The lowest BCUT2D eigenvalue weighted by atomic mass is 10.1. The van der Waals surface area contributed by atoms with Gasteiger partial charge >= 0.3 is 0 Å². The van der Waals surface area contributed by atoms with Gasteiger partial charge in [-0.15, -0.1) is 0 Å². The van der Waals surface area contributed by atoms with Crippen molar-refractivity contribution in [2.75, 3.05) is 13.1 Å². The second-order valence-corrected chi connectivity index (χ2v) is 9.16. The molecule has 1 fully saturated rings. The van der Waals surface area contributed by atoms with E-state index in [1.165, 1.54) is 48.8 Å². The second kappa shape index (κ2) is 11.8. The zero-order valence-electron chi connectivity index (χ0n) is 20.9. The Morgan fingerprint density at radius 1 is 0.795 bits per heavy atom. The van der Waals surface area contributed by atoms with Gasteiger partial charge in [-0.1, -0.05) is 6.07 Å². The number of carbonyl (C=O) groups excluding carboxylic acids is 2. The van der Waals surface area contributed by atoms with Crippen LogP contribution in [0, 0.1) is 11.6 Å². The van der Waals surface area contributed by atoms with Crippen molar-refractivity contribution in [2.24, 2.45) is 0 Å². The molecule has 0 atom stereocenters. The molecule has 0 aliphatic carbocycles. The molecule has 0 N–H and O–H groups in total. The summed E-state index contributed by atoms with van der Waals surface area (Å²) in [4.78, 5) is 35.8. The molecule has 0 saturated carbocycles. The number of hydrogen-bond acceptors (Lipinski definition) is 6. The standard InChI is InChI=1S/C30H25F2N3O4/c31-22-3-7-24(8-4-22)38-26-13-15-35(16-14-26)30(37)21-2-11-27(33-19-21)28(36)17-20-1-12-29(34-18-20)39-25-9-5-23(32)6-10-25/h1-12,18-19,26H,13-17H2. The van der Waals surface area contributed by atoms with Crippen molar-refractivity contribution in [3.8, 4) is 17.4 Å². The minimum absolute atomic E-state index is 0.0457. The number of rotatable bonds is 8. The Kier molecular flexibility index (Phi) is 7.86. The van der Waals surface area contributed by atoms with Crippen molar-refractivity contribution in [2.45, 2.75) is 25.4 Å². The predicted molar refractivity (Wildman–Crippen MR) is 139 cm³/mol. The molecule has 1 aliphatic rings. The normalized spacial score (nSPS) is 13.6. The molecule has 0 spiro atoms. The summed E-state index contributed by atoms with van der Waals surface area (Å²) in [5.74, 6) is 0.356. The van der Waals surface area contributed by atoms with E-state index in [9.17, 15) is 18.4 Å². The minimum Gasteiger partial charge on any atom is -0.490 e. The van der Waals surface area contributed by atoms with Gasteiger partial charge in [-0.2, -0.15) is 0 Å². The van der Waals surface area contributed by atoms with E-state index in [1.54, 1.807) is 41.3 Å². The van der Waals surface area contributed by atoms with Gasteiger partial charge < -0.3 is 14.4 Å². The van der Waals surface area contributed by atoms with Crippen molar-refractivity contribution in [1.82, 2.24) is 14.9 Å². The van der Waals surface area contributed by atoms with Gasteiger partial charge in [-0.3, -0.25) is 14.6 Å². The van der Waals surface area contributed by atoms with Crippen LogP contribution in [-0.2, 0) is 6.42 Å². The Hall–Kier alpha value is -4.66. The van der Waals surface area contributed by atoms with E-state index in [0.717, 1.165) is 0 Å². The molecule has 198 valence electrons. The number of ether oxygens (including phenoxy) is 2. The van der Waals surface area contributed by atoms with Crippen LogP contribution in [0.3, 0.4) is 0 Å². The smallest absolute Gasteiger partial charge is 0.255 e. The summed E-state index contributed by atoms with van der Waals surface area (Å²) < 4.78 is 37.6. The van der Waals surface area contributed by atoms with Crippen molar-refractivity contribution >= 4 is 11.7 Å². The highest BCUT2D eigenvalue weighted by Gasteiger charge is 2.25. The summed E-state index contributed by atoms with van der Waals surface area (Å²) >= 11 is 0. The van der Waals surface area contributed by atoms with Gasteiger partial charge in [0, 0.05) is 50.8 Å². The first-order chi connectivity index (χ1) is 18.9. The summed E-state index contributed by atoms with van der Waals surface area (Å²) in [7, 11) is 0. The van der Waals surface area contributed by atoms with Gasteiger partial charge in [0.1, 0.15) is 34.9 Å². The number of carbonyl (C=O) groups is 2. The molecule has 5 rings (SSSR count). The molecule has 4 aromatic rings. The number of nitrogens with zero attached hydrogens (tertiary/aromatic N) is 3. The first kappa shape index (κ1) is 26.0. The molecule has 2 aromatic heterocycles. The van der Waals surface area contributed by atoms with Crippen LogP contribution in [0.1, 0.15) is 39.3 Å². The molecule has 39 heavy (non-hydrogen) atoms. The van der Waals surface area contributed by atoms with Gasteiger partial charge in [0.25, 0.3) is 5.91 Å². The summed E-state index contributed by atoms with van der Waals surface area (Å²) in [6.45, 7) is 1.05. The SMILES string of the molecule is O=C(Cc1ccc(Oc2ccc(F)cc2)nc1)c1ccc(C(=O)N2CCC(Oc3ccc(F)cc3)CC2)cn1. The van der Waals surface area contributed by atoms with Crippen LogP contribution in [0.15, 0.2) is 85.2 Å².